The summed E-state index contributed by atoms with van der Waals surface area (Å²) in [6.45, 7) is 3.07. The smallest absolute Gasteiger partial charge is 0.164 e. The Balaban J connectivity index is 2.15. The summed E-state index contributed by atoms with van der Waals surface area (Å²) >= 11 is 1.58. The lowest BCUT2D eigenvalue weighted by atomic mass is 10.3. The van der Waals surface area contributed by atoms with E-state index >= 15 is 0 Å². The average molecular weight is 234 g/mol. The van der Waals surface area contributed by atoms with E-state index in [1.165, 1.54) is 0 Å². The van der Waals surface area contributed by atoms with E-state index < -0.39 is 0 Å². The molecule has 1 saturated heterocycles. The van der Waals surface area contributed by atoms with Gasteiger partial charge in [-0.1, -0.05) is 11.8 Å². The molecule has 2 heterocycles. The van der Waals surface area contributed by atoms with E-state index in [2.05, 4.69) is 9.89 Å². The van der Waals surface area contributed by atoms with Gasteiger partial charge in [0.15, 0.2) is 10.7 Å². The number of nitriles is 2. The van der Waals surface area contributed by atoms with E-state index in [9.17, 15) is 0 Å². The SMILES string of the molecule is N#CC(C#N)=C1CSC(N2CCOCC2)=N1. The van der Waals surface area contributed by atoms with Crippen molar-refractivity contribution in [2.75, 3.05) is 32.1 Å². The Morgan fingerprint density at radius 3 is 2.62 bits per heavy atom. The minimum atomic E-state index is 0.121. The van der Waals surface area contributed by atoms with Crippen LogP contribution in [0.5, 0.6) is 0 Å². The highest BCUT2D eigenvalue weighted by atomic mass is 32.2. The van der Waals surface area contributed by atoms with E-state index in [-0.39, 0.29) is 5.57 Å². The predicted octanol–water partition coefficient (Wildman–Crippen LogP) is 0.723. The van der Waals surface area contributed by atoms with Gasteiger partial charge in [0.1, 0.15) is 12.1 Å². The molecule has 0 saturated carbocycles. The molecule has 0 radical (unpaired) electrons. The second kappa shape index (κ2) is 5.02. The first kappa shape index (κ1) is 11.0. The van der Waals surface area contributed by atoms with Crippen LogP contribution >= 0.6 is 11.8 Å². The first-order chi connectivity index (χ1) is 7.85. The molecule has 0 aromatic carbocycles. The molecule has 0 aromatic heterocycles. The Bertz CT molecular complexity index is 407. The highest BCUT2D eigenvalue weighted by Gasteiger charge is 2.22. The zero-order chi connectivity index (χ0) is 11.4. The Morgan fingerprint density at radius 1 is 1.31 bits per heavy atom. The predicted molar refractivity (Wildman–Crippen MR) is 60.5 cm³/mol. The molecule has 2 aliphatic rings. The van der Waals surface area contributed by atoms with Crippen molar-refractivity contribution in [1.82, 2.24) is 4.90 Å². The van der Waals surface area contributed by atoms with Crippen LogP contribution in [0, 0.1) is 22.7 Å². The normalized spacial score (nSPS) is 20.0. The van der Waals surface area contributed by atoms with Crippen molar-refractivity contribution in [1.29, 1.82) is 10.5 Å². The highest BCUT2D eigenvalue weighted by molar-refractivity contribution is 8.14. The summed E-state index contributed by atoms with van der Waals surface area (Å²) in [5, 5.41) is 18.4. The third-order valence-corrected chi connectivity index (χ3v) is 3.39. The van der Waals surface area contributed by atoms with Gasteiger partial charge >= 0.3 is 0 Å². The molecule has 82 valence electrons. The highest BCUT2D eigenvalue weighted by Crippen LogP contribution is 2.25. The van der Waals surface area contributed by atoms with Crippen molar-refractivity contribution in [3.05, 3.63) is 11.3 Å². The van der Waals surface area contributed by atoms with Gasteiger partial charge in [0.2, 0.25) is 0 Å². The molecule has 5 nitrogen and oxygen atoms in total. The van der Waals surface area contributed by atoms with Crippen LogP contribution in [-0.2, 0) is 4.74 Å². The number of rotatable bonds is 0. The molecule has 0 aromatic rings. The van der Waals surface area contributed by atoms with Crippen molar-refractivity contribution >= 4 is 16.9 Å². The van der Waals surface area contributed by atoms with Gasteiger partial charge in [0.05, 0.1) is 18.9 Å². The lowest BCUT2D eigenvalue weighted by Crippen LogP contribution is -2.38. The summed E-state index contributed by atoms with van der Waals surface area (Å²) in [6, 6.07) is 3.74. The van der Waals surface area contributed by atoms with Gasteiger partial charge in [-0.15, -0.1) is 0 Å². The molecule has 16 heavy (non-hydrogen) atoms. The molecule has 0 bridgehead atoms. The molecule has 0 N–H and O–H groups in total. The van der Waals surface area contributed by atoms with Crippen LogP contribution in [0.4, 0.5) is 0 Å². The number of amidine groups is 1. The molecule has 2 rings (SSSR count). The van der Waals surface area contributed by atoms with Crippen LogP contribution in [-0.4, -0.2) is 42.1 Å². The third-order valence-electron chi connectivity index (χ3n) is 2.36. The van der Waals surface area contributed by atoms with Crippen molar-refractivity contribution in [2.24, 2.45) is 4.99 Å². The second-order valence-corrected chi connectivity index (χ2v) is 4.27. The fraction of sp³-hybridized carbons (Fsp3) is 0.500. The standard InChI is InChI=1S/C10H10N4OS/c11-5-8(6-12)9-7-16-10(13-9)14-1-3-15-4-2-14/h1-4,7H2. The monoisotopic (exact) mass is 234 g/mol. The number of nitrogens with zero attached hydrogens (tertiary/aromatic N) is 4. The van der Waals surface area contributed by atoms with Crippen molar-refractivity contribution in [3.8, 4) is 12.1 Å². The zero-order valence-electron chi connectivity index (χ0n) is 8.64. The number of allylic oxidation sites excluding steroid dienone is 1. The second-order valence-electron chi connectivity index (χ2n) is 3.33. The van der Waals surface area contributed by atoms with Crippen LogP contribution in [0.2, 0.25) is 0 Å². The number of ether oxygens (including phenoxy) is 1. The van der Waals surface area contributed by atoms with Gasteiger partial charge in [-0.2, -0.15) is 10.5 Å². The quantitative estimate of drug-likeness (QED) is 0.577. The summed E-state index contributed by atoms with van der Waals surface area (Å²) in [5.41, 5.74) is 0.715. The van der Waals surface area contributed by atoms with Gasteiger partial charge in [-0.05, 0) is 0 Å². The minimum absolute atomic E-state index is 0.121. The van der Waals surface area contributed by atoms with Crippen LogP contribution < -0.4 is 0 Å². The van der Waals surface area contributed by atoms with E-state index in [0.29, 0.717) is 24.7 Å². The first-order valence-corrected chi connectivity index (χ1v) is 5.91. The van der Waals surface area contributed by atoms with Crippen molar-refractivity contribution in [3.63, 3.8) is 0 Å². The minimum Gasteiger partial charge on any atom is -0.378 e. The fourth-order valence-corrected chi connectivity index (χ4v) is 2.53. The average Bonchev–Trinajstić information content (AvgIpc) is 2.81. The van der Waals surface area contributed by atoms with Crippen molar-refractivity contribution in [2.45, 2.75) is 0 Å². The fourth-order valence-electron chi connectivity index (χ4n) is 1.51. The lowest BCUT2D eigenvalue weighted by molar-refractivity contribution is 0.0694. The Kier molecular flexibility index (Phi) is 3.45. The molecule has 0 spiro atoms. The van der Waals surface area contributed by atoms with Gasteiger partial charge in [0, 0.05) is 18.8 Å². The molecule has 0 amide bonds. The van der Waals surface area contributed by atoms with Crippen LogP contribution in [0.25, 0.3) is 0 Å². The Labute approximate surface area is 98.0 Å². The number of morpholine rings is 1. The molecule has 6 heteroatoms. The van der Waals surface area contributed by atoms with E-state index in [1.807, 2.05) is 12.1 Å². The first-order valence-electron chi connectivity index (χ1n) is 4.92. The molecule has 2 aliphatic heterocycles. The topological polar surface area (TPSA) is 72.4 Å². The summed E-state index contributed by atoms with van der Waals surface area (Å²) in [6.07, 6.45) is 0. The maximum absolute atomic E-state index is 8.74. The summed E-state index contributed by atoms with van der Waals surface area (Å²) < 4.78 is 5.25. The van der Waals surface area contributed by atoms with Gasteiger partial charge in [-0.25, -0.2) is 4.99 Å². The van der Waals surface area contributed by atoms with E-state index in [1.54, 1.807) is 11.8 Å². The number of thioether (sulfide) groups is 1. The zero-order valence-corrected chi connectivity index (χ0v) is 9.46. The number of aliphatic imine (C=N–C) groups is 1. The molecule has 0 aliphatic carbocycles. The Morgan fingerprint density at radius 2 is 2.00 bits per heavy atom. The third kappa shape index (κ3) is 2.19. The van der Waals surface area contributed by atoms with Gasteiger partial charge in [-0.3, -0.25) is 0 Å². The van der Waals surface area contributed by atoms with Crippen LogP contribution in [0.3, 0.4) is 0 Å². The van der Waals surface area contributed by atoms with Crippen LogP contribution in [0.15, 0.2) is 16.3 Å². The van der Waals surface area contributed by atoms with E-state index in [0.717, 1.165) is 18.3 Å². The van der Waals surface area contributed by atoms with Crippen LogP contribution in [0.1, 0.15) is 0 Å². The summed E-state index contributed by atoms with van der Waals surface area (Å²) in [7, 11) is 0. The molecular formula is C10H10N4OS. The lowest BCUT2D eigenvalue weighted by Gasteiger charge is -2.27. The van der Waals surface area contributed by atoms with E-state index in [4.69, 9.17) is 15.3 Å². The number of hydrogen-bond donors (Lipinski definition) is 0. The summed E-state index contributed by atoms with van der Waals surface area (Å²) in [4.78, 5) is 6.47. The number of hydrogen-bond acceptors (Lipinski definition) is 6. The molecule has 0 unspecified atom stereocenters. The largest absolute Gasteiger partial charge is 0.378 e. The van der Waals surface area contributed by atoms with Gasteiger partial charge < -0.3 is 9.64 Å². The maximum atomic E-state index is 8.74. The molecule has 0 atom stereocenters. The van der Waals surface area contributed by atoms with Crippen molar-refractivity contribution < 1.29 is 4.74 Å². The molecular weight excluding hydrogens is 224 g/mol. The Hall–Kier alpha value is -1.50. The maximum Gasteiger partial charge on any atom is 0.164 e. The molecule has 1 fully saturated rings. The van der Waals surface area contributed by atoms with Gasteiger partial charge in [0.25, 0.3) is 0 Å². The summed E-state index contributed by atoms with van der Waals surface area (Å²) in [5.74, 6) is 0.614.